The number of carboxylic acids is 1. The van der Waals surface area contributed by atoms with Crippen LogP contribution >= 0.6 is 0 Å². The number of carboxylic acid groups (broad SMARTS) is 1. The first-order chi connectivity index (χ1) is 7.57. The Labute approximate surface area is 95.3 Å². The van der Waals surface area contributed by atoms with Gasteiger partial charge in [-0.25, -0.2) is 0 Å². The van der Waals surface area contributed by atoms with Gasteiger partial charge in [-0.15, -0.1) is 0 Å². The monoisotopic (exact) mass is 229 g/mol. The summed E-state index contributed by atoms with van der Waals surface area (Å²) in [4.78, 5) is 21.4. The molecule has 0 fully saturated rings. The fourth-order valence-corrected chi connectivity index (χ4v) is 0.975. The molecule has 0 saturated heterocycles. The van der Waals surface area contributed by atoms with Crippen molar-refractivity contribution >= 4 is 11.9 Å². The first-order valence-electron chi connectivity index (χ1n) is 5.37. The van der Waals surface area contributed by atoms with Crippen molar-refractivity contribution in [2.45, 2.75) is 38.6 Å². The Hall–Kier alpha value is -1.36. The van der Waals surface area contributed by atoms with Crippen LogP contribution in [-0.4, -0.2) is 29.7 Å². The van der Waals surface area contributed by atoms with Gasteiger partial charge in [-0.2, -0.15) is 0 Å². The van der Waals surface area contributed by atoms with Gasteiger partial charge in [0.15, 0.2) is 0 Å². The first-order valence-corrected chi connectivity index (χ1v) is 5.37. The second-order valence-corrected chi connectivity index (χ2v) is 3.40. The molecule has 0 amide bonds. The number of unbranched alkanes of at least 4 members (excludes halogenated alkanes) is 1. The second kappa shape index (κ2) is 8.91. The summed E-state index contributed by atoms with van der Waals surface area (Å²) in [5.41, 5.74) is 5.17. The van der Waals surface area contributed by atoms with Crippen molar-refractivity contribution in [1.29, 1.82) is 0 Å². The first kappa shape index (κ1) is 14.6. The Morgan fingerprint density at radius 2 is 2.12 bits per heavy atom. The SMILES string of the molecule is CC/C=C\CCCC(=O)OCC(N)C(=O)O. The average molecular weight is 229 g/mol. The van der Waals surface area contributed by atoms with Crippen LogP contribution in [-0.2, 0) is 14.3 Å². The van der Waals surface area contributed by atoms with Crippen LogP contribution in [0.2, 0.25) is 0 Å². The van der Waals surface area contributed by atoms with Crippen molar-refractivity contribution < 1.29 is 19.4 Å². The quantitative estimate of drug-likeness (QED) is 0.369. The molecule has 0 saturated carbocycles. The Morgan fingerprint density at radius 1 is 1.44 bits per heavy atom. The number of nitrogens with two attached hydrogens (primary N) is 1. The van der Waals surface area contributed by atoms with Crippen LogP contribution in [0.25, 0.3) is 0 Å². The highest BCUT2D eigenvalue weighted by molar-refractivity contribution is 5.74. The van der Waals surface area contributed by atoms with Crippen molar-refractivity contribution in [2.75, 3.05) is 6.61 Å². The Balaban J connectivity index is 3.52. The molecule has 0 spiro atoms. The van der Waals surface area contributed by atoms with E-state index in [1.165, 1.54) is 0 Å². The average Bonchev–Trinajstić information content (AvgIpc) is 2.25. The lowest BCUT2D eigenvalue weighted by atomic mass is 10.2. The molecule has 0 bridgehead atoms. The summed E-state index contributed by atoms with van der Waals surface area (Å²) in [6, 6.07) is -1.14. The van der Waals surface area contributed by atoms with E-state index in [-0.39, 0.29) is 6.61 Å². The van der Waals surface area contributed by atoms with E-state index in [4.69, 9.17) is 15.6 Å². The van der Waals surface area contributed by atoms with E-state index in [0.29, 0.717) is 12.8 Å². The molecule has 0 heterocycles. The number of carbonyl (C=O) groups excluding carboxylic acids is 1. The van der Waals surface area contributed by atoms with Crippen LogP contribution in [0.4, 0.5) is 0 Å². The van der Waals surface area contributed by atoms with Crippen molar-refractivity contribution in [2.24, 2.45) is 5.73 Å². The van der Waals surface area contributed by atoms with Gasteiger partial charge in [-0.1, -0.05) is 19.1 Å². The summed E-state index contributed by atoms with van der Waals surface area (Å²) in [5, 5.41) is 8.44. The molecule has 0 aliphatic carbocycles. The van der Waals surface area contributed by atoms with Gasteiger partial charge in [0.1, 0.15) is 12.6 Å². The number of hydrogen-bond acceptors (Lipinski definition) is 4. The molecule has 0 aromatic rings. The molecule has 0 aliphatic heterocycles. The number of ether oxygens (including phenoxy) is 1. The molecule has 1 unspecified atom stereocenters. The largest absolute Gasteiger partial charge is 0.480 e. The summed E-state index contributed by atoms with van der Waals surface area (Å²) in [7, 11) is 0. The zero-order chi connectivity index (χ0) is 12.4. The van der Waals surface area contributed by atoms with Crippen LogP contribution in [0.5, 0.6) is 0 Å². The molecular weight excluding hydrogens is 210 g/mol. The number of aliphatic carboxylic acids is 1. The zero-order valence-corrected chi connectivity index (χ0v) is 9.52. The van der Waals surface area contributed by atoms with Crippen LogP contribution in [0.1, 0.15) is 32.6 Å². The molecule has 0 radical (unpaired) electrons. The highest BCUT2D eigenvalue weighted by atomic mass is 16.5. The Kier molecular flexibility index (Phi) is 8.15. The fourth-order valence-electron chi connectivity index (χ4n) is 0.975. The topological polar surface area (TPSA) is 89.6 Å². The fraction of sp³-hybridized carbons (Fsp3) is 0.636. The minimum Gasteiger partial charge on any atom is -0.480 e. The lowest BCUT2D eigenvalue weighted by Gasteiger charge is -2.07. The molecule has 3 N–H and O–H groups in total. The molecular formula is C11H19NO4. The van der Waals surface area contributed by atoms with Gasteiger partial charge < -0.3 is 15.6 Å². The molecule has 1 atom stereocenters. The molecule has 0 aliphatic rings. The van der Waals surface area contributed by atoms with Gasteiger partial charge in [-0.3, -0.25) is 9.59 Å². The molecule has 5 heteroatoms. The van der Waals surface area contributed by atoms with E-state index in [0.717, 1.165) is 12.8 Å². The molecule has 0 aromatic carbocycles. The standard InChI is InChI=1S/C11H19NO4/c1-2-3-4-5-6-7-10(13)16-8-9(12)11(14)15/h3-4,9H,2,5-8,12H2,1H3,(H,14,15)/b4-3-. The van der Waals surface area contributed by atoms with Gasteiger partial charge in [0.05, 0.1) is 0 Å². The van der Waals surface area contributed by atoms with E-state index in [1.807, 2.05) is 19.1 Å². The number of hydrogen-bond donors (Lipinski definition) is 2. The maximum atomic E-state index is 11.1. The summed E-state index contributed by atoms with van der Waals surface area (Å²) < 4.78 is 4.70. The Bertz CT molecular complexity index is 250. The van der Waals surface area contributed by atoms with Gasteiger partial charge in [-0.05, 0) is 19.3 Å². The molecule has 0 aromatic heterocycles. The number of allylic oxidation sites excluding steroid dienone is 2. The van der Waals surface area contributed by atoms with Crippen molar-refractivity contribution in [3.05, 3.63) is 12.2 Å². The highest BCUT2D eigenvalue weighted by Crippen LogP contribution is 2.00. The van der Waals surface area contributed by atoms with Crippen molar-refractivity contribution in [1.82, 2.24) is 0 Å². The van der Waals surface area contributed by atoms with Gasteiger partial charge in [0.2, 0.25) is 0 Å². The van der Waals surface area contributed by atoms with E-state index < -0.39 is 18.0 Å². The summed E-state index contributed by atoms with van der Waals surface area (Å²) in [6.45, 7) is 1.77. The van der Waals surface area contributed by atoms with Crippen molar-refractivity contribution in [3.8, 4) is 0 Å². The second-order valence-electron chi connectivity index (χ2n) is 3.40. The smallest absolute Gasteiger partial charge is 0.324 e. The van der Waals surface area contributed by atoms with E-state index in [9.17, 15) is 9.59 Å². The third-order valence-corrected chi connectivity index (χ3v) is 1.90. The number of rotatable bonds is 8. The third kappa shape index (κ3) is 7.99. The summed E-state index contributed by atoms with van der Waals surface area (Å²) in [5.74, 6) is -1.57. The van der Waals surface area contributed by atoms with E-state index in [1.54, 1.807) is 0 Å². The predicted molar refractivity (Wildman–Crippen MR) is 59.9 cm³/mol. The van der Waals surface area contributed by atoms with Crippen molar-refractivity contribution in [3.63, 3.8) is 0 Å². The molecule has 5 nitrogen and oxygen atoms in total. The summed E-state index contributed by atoms with van der Waals surface area (Å²) >= 11 is 0. The van der Waals surface area contributed by atoms with Gasteiger partial charge in [0.25, 0.3) is 0 Å². The third-order valence-electron chi connectivity index (χ3n) is 1.90. The predicted octanol–water partition coefficient (Wildman–Crippen LogP) is 1.08. The molecule has 92 valence electrons. The lowest BCUT2D eigenvalue weighted by Crippen LogP contribution is -2.35. The maximum absolute atomic E-state index is 11.1. The molecule has 16 heavy (non-hydrogen) atoms. The highest BCUT2D eigenvalue weighted by Gasteiger charge is 2.13. The zero-order valence-electron chi connectivity index (χ0n) is 9.52. The normalized spacial score (nSPS) is 12.6. The van der Waals surface area contributed by atoms with Crippen LogP contribution in [0.15, 0.2) is 12.2 Å². The number of carbonyl (C=O) groups is 2. The van der Waals surface area contributed by atoms with Crippen LogP contribution in [0, 0.1) is 0 Å². The maximum Gasteiger partial charge on any atom is 0.324 e. The lowest BCUT2D eigenvalue weighted by molar-refractivity contribution is -0.147. The van der Waals surface area contributed by atoms with E-state index >= 15 is 0 Å². The van der Waals surface area contributed by atoms with E-state index in [2.05, 4.69) is 0 Å². The minimum absolute atomic E-state index is 0.265. The van der Waals surface area contributed by atoms with Gasteiger partial charge >= 0.3 is 11.9 Å². The number of esters is 1. The molecule has 0 rings (SSSR count). The van der Waals surface area contributed by atoms with Crippen LogP contribution in [0.3, 0.4) is 0 Å². The van der Waals surface area contributed by atoms with Crippen LogP contribution < -0.4 is 5.73 Å². The Morgan fingerprint density at radius 3 is 2.69 bits per heavy atom. The summed E-state index contributed by atoms with van der Waals surface area (Å²) in [6.07, 6.45) is 6.85. The van der Waals surface area contributed by atoms with Gasteiger partial charge in [0, 0.05) is 6.42 Å². The minimum atomic E-state index is -1.17.